The van der Waals surface area contributed by atoms with Crippen molar-refractivity contribution < 1.29 is 17.2 Å². The lowest BCUT2D eigenvalue weighted by atomic mass is 10.8. The second-order valence-corrected chi connectivity index (χ2v) is 4.58. The lowest BCUT2D eigenvalue weighted by Gasteiger charge is -1.98. The minimum Gasteiger partial charge on any atom is -0.271 e. The summed E-state index contributed by atoms with van der Waals surface area (Å²) in [7, 11) is -4.47. The topological polar surface area (TPSA) is 142 Å². The normalized spacial score (nSPS) is 11.6. The fourth-order valence-corrected chi connectivity index (χ4v) is 1.76. The van der Waals surface area contributed by atoms with Crippen LogP contribution in [0.15, 0.2) is 14.6 Å². The molecule has 1 aromatic heterocycles. The molecular weight excluding hydrogens is 262 g/mol. The second-order valence-electron chi connectivity index (χ2n) is 2.41. The zero-order valence-electron chi connectivity index (χ0n) is 7.67. The summed E-state index contributed by atoms with van der Waals surface area (Å²) in [4.78, 5) is 23.6. The van der Waals surface area contributed by atoms with E-state index in [4.69, 9.17) is 4.55 Å². The van der Waals surface area contributed by atoms with Crippen molar-refractivity contribution >= 4 is 22.2 Å². The average Bonchev–Trinajstić information content (AvgIpc) is 2.13. The van der Waals surface area contributed by atoms with Crippen LogP contribution < -0.4 is 11.2 Å². The van der Waals surface area contributed by atoms with Gasteiger partial charge in [0.25, 0.3) is 5.56 Å². The number of aromatic amines is 2. The summed E-state index contributed by atoms with van der Waals surface area (Å²) >= 11 is 0.871. The number of rotatable bonds is 5. The van der Waals surface area contributed by atoms with E-state index in [0.29, 0.717) is 0 Å². The van der Waals surface area contributed by atoms with Gasteiger partial charge in [-0.2, -0.15) is 13.5 Å². The lowest BCUT2D eigenvalue weighted by Crippen LogP contribution is -2.25. The predicted molar refractivity (Wildman–Crippen MR) is 53.7 cm³/mol. The standard InChI is InChI=1S/C5H7N3O6S2/c9-3-4(7-8-5(10)6-3)15-2-1-14-16(11,12)13/h1-2H2,(H,11,12,13)(H2,6,8,9,10). The molecule has 1 heterocycles. The van der Waals surface area contributed by atoms with Gasteiger partial charge in [0.15, 0.2) is 5.03 Å². The Balaban J connectivity index is 2.50. The van der Waals surface area contributed by atoms with Gasteiger partial charge in [-0.15, -0.1) is 0 Å². The Hall–Kier alpha value is -1.17. The molecule has 16 heavy (non-hydrogen) atoms. The van der Waals surface area contributed by atoms with Crippen LogP contribution in [-0.2, 0) is 14.6 Å². The van der Waals surface area contributed by atoms with Crippen molar-refractivity contribution in [2.45, 2.75) is 5.03 Å². The number of hydrogen-bond acceptors (Lipinski definition) is 7. The quantitative estimate of drug-likeness (QED) is 0.328. The van der Waals surface area contributed by atoms with E-state index < -0.39 is 21.6 Å². The highest BCUT2D eigenvalue weighted by Crippen LogP contribution is 2.07. The Morgan fingerprint density at radius 2 is 2.12 bits per heavy atom. The van der Waals surface area contributed by atoms with Crippen LogP contribution in [0.25, 0.3) is 0 Å². The van der Waals surface area contributed by atoms with Crippen molar-refractivity contribution in [3.05, 3.63) is 20.8 Å². The van der Waals surface area contributed by atoms with Gasteiger partial charge in [-0.05, 0) is 0 Å². The lowest BCUT2D eigenvalue weighted by molar-refractivity contribution is 0.285. The first-order chi connectivity index (χ1) is 7.38. The van der Waals surface area contributed by atoms with Crippen LogP contribution in [-0.4, -0.2) is 40.5 Å². The monoisotopic (exact) mass is 269 g/mol. The van der Waals surface area contributed by atoms with Gasteiger partial charge >= 0.3 is 16.1 Å². The van der Waals surface area contributed by atoms with E-state index in [0.717, 1.165) is 11.8 Å². The van der Waals surface area contributed by atoms with E-state index in [1.807, 2.05) is 10.1 Å². The summed E-state index contributed by atoms with van der Waals surface area (Å²) < 4.78 is 32.5. The first-order valence-corrected chi connectivity index (χ1v) is 6.17. The van der Waals surface area contributed by atoms with E-state index in [-0.39, 0.29) is 17.4 Å². The zero-order chi connectivity index (χ0) is 12.2. The molecule has 0 amide bonds. The highest BCUT2D eigenvalue weighted by atomic mass is 32.3. The fourth-order valence-electron chi connectivity index (χ4n) is 0.712. The molecular formula is C5H7N3O6S2. The Kier molecular flexibility index (Phi) is 4.23. The summed E-state index contributed by atoms with van der Waals surface area (Å²) in [6.07, 6.45) is 0. The van der Waals surface area contributed by atoms with E-state index in [1.54, 1.807) is 0 Å². The Bertz CT molecular complexity index is 560. The average molecular weight is 269 g/mol. The van der Waals surface area contributed by atoms with Crippen LogP contribution >= 0.6 is 11.8 Å². The highest BCUT2D eigenvalue weighted by molar-refractivity contribution is 7.99. The van der Waals surface area contributed by atoms with E-state index in [2.05, 4.69) is 9.28 Å². The molecule has 0 saturated carbocycles. The van der Waals surface area contributed by atoms with Crippen LogP contribution in [0.1, 0.15) is 0 Å². The van der Waals surface area contributed by atoms with Crippen LogP contribution in [0, 0.1) is 0 Å². The summed E-state index contributed by atoms with van der Waals surface area (Å²) in [5.41, 5.74) is -1.41. The third-order valence-corrected chi connectivity index (χ3v) is 2.62. The Morgan fingerprint density at radius 3 is 2.69 bits per heavy atom. The van der Waals surface area contributed by atoms with Gasteiger partial charge in [0.2, 0.25) is 0 Å². The van der Waals surface area contributed by atoms with Crippen LogP contribution in [0.4, 0.5) is 0 Å². The molecule has 0 radical (unpaired) electrons. The van der Waals surface area contributed by atoms with Gasteiger partial charge in [-0.25, -0.2) is 14.1 Å². The number of nitrogens with one attached hydrogen (secondary N) is 2. The molecule has 1 rings (SSSR count). The van der Waals surface area contributed by atoms with Crippen molar-refractivity contribution in [1.82, 2.24) is 15.2 Å². The number of hydrogen-bond donors (Lipinski definition) is 3. The molecule has 0 spiro atoms. The SMILES string of the molecule is O=c1[nH]nc(SCCOS(=O)(=O)O)c(=O)[nH]1. The van der Waals surface area contributed by atoms with Crippen molar-refractivity contribution in [3.8, 4) is 0 Å². The molecule has 90 valence electrons. The van der Waals surface area contributed by atoms with Crippen LogP contribution in [0.5, 0.6) is 0 Å². The van der Waals surface area contributed by atoms with Gasteiger partial charge in [0.1, 0.15) is 0 Å². The van der Waals surface area contributed by atoms with Crippen molar-refractivity contribution in [3.63, 3.8) is 0 Å². The van der Waals surface area contributed by atoms with Crippen molar-refractivity contribution in [2.24, 2.45) is 0 Å². The highest BCUT2D eigenvalue weighted by Gasteiger charge is 2.06. The third-order valence-electron chi connectivity index (χ3n) is 1.23. The first kappa shape index (κ1) is 12.9. The Morgan fingerprint density at radius 1 is 1.44 bits per heavy atom. The van der Waals surface area contributed by atoms with Crippen molar-refractivity contribution in [2.75, 3.05) is 12.4 Å². The second kappa shape index (κ2) is 5.25. The summed E-state index contributed by atoms with van der Waals surface area (Å²) in [5.74, 6) is 0.0713. The number of thioether (sulfide) groups is 1. The molecule has 0 saturated heterocycles. The van der Waals surface area contributed by atoms with Gasteiger partial charge in [-0.3, -0.25) is 14.3 Å². The molecule has 0 aromatic carbocycles. The van der Waals surface area contributed by atoms with Crippen LogP contribution in [0.3, 0.4) is 0 Å². The first-order valence-electron chi connectivity index (χ1n) is 3.82. The van der Waals surface area contributed by atoms with E-state index in [1.165, 1.54) is 0 Å². The van der Waals surface area contributed by atoms with Crippen molar-refractivity contribution in [1.29, 1.82) is 0 Å². The van der Waals surface area contributed by atoms with Gasteiger partial charge in [-0.1, -0.05) is 11.8 Å². The molecule has 0 fully saturated rings. The molecule has 1 aromatic rings. The number of H-pyrrole nitrogens is 2. The molecule has 3 N–H and O–H groups in total. The maximum absolute atomic E-state index is 11.1. The molecule has 0 aliphatic heterocycles. The molecule has 0 aliphatic rings. The molecule has 0 atom stereocenters. The molecule has 0 bridgehead atoms. The third kappa shape index (κ3) is 4.57. The zero-order valence-corrected chi connectivity index (χ0v) is 9.30. The smallest absolute Gasteiger partial charge is 0.271 e. The Labute approximate surface area is 93.2 Å². The van der Waals surface area contributed by atoms with Gasteiger partial charge in [0.05, 0.1) is 6.61 Å². The molecule has 0 unspecified atom stereocenters. The molecule has 11 heteroatoms. The van der Waals surface area contributed by atoms with E-state index >= 15 is 0 Å². The molecule has 0 aliphatic carbocycles. The van der Waals surface area contributed by atoms with Gasteiger partial charge < -0.3 is 0 Å². The fraction of sp³-hybridized carbons (Fsp3) is 0.400. The van der Waals surface area contributed by atoms with E-state index in [9.17, 15) is 18.0 Å². The maximum Gasteiger partial charge on any atom is 0.397 e. The van der Waals surface area contributed by atoms with Gasteiger partial charge in [0, 0.05) is 5.75 Å². The number of nitrogens with zero attached hydrogens (tertiary/aromatic N) is 1. The maximum atomic E-state index is 11.1. The number of aromatic nitrogens is 3. The van der Waals surface area contributed by atoms with Crippen LogP contribution in [0.2, 0.25) is 0 Å². The minimum absolute atomic E-state index is 0.0291. The summed E-state index contributed by atoms with van der Waals surface area (Å²) in [5, 5.41) is 5.40. The summed E-state index contributed by atoms with van der Waals surface area (Å²) in [6, 6.07) is 0. The molecule has 9 nitrogen and oxygen atoms in total. The minimum atomic E-state index is -4.47. The predicted octanol–water partition coefficient (Wildman–Crippen LogP) is -1.63. The summed E-state index contributed by atoms with van der Waals surface area (Å²) in [6.45, 7) is -0.316. The largest absolute Gasteiger partial charge is 0.397 e.